The zero-order chi connectivity index (χ0) is 16.0. The van der Waals surface area contributed by atoms with Crippen molar-refractivity contribution in [2.45, 2.75) is 44.9 Å². The van der Waals surface area contributed by atoms with Crippen LogP contribution in [-0.2, 0) is 11.3 Å². The van der Waals surface area contributed by atoms with Crippen molar-refractivity contribution in [1.29, 1.82) is 0 Å². The predicted molar refractivity (Wildman–Crippen MR) is 85.5 cm³/mol. The van der Waals surface area contributed by atoms with Gasteiger partial charge in [0.1, 0.15) is 6.61 Å². The molecule has 2 N–H and O–H groups in total. The number of ether oxygens (including phenoxy) is 1. The number of hydrogen-bond donors (Lipinski definition) is 2. The fraction of sp³-hybridized carbons (Fsp3) is 0.588. The normalized spacial score (nSPS) is 18.2. The number of rotatable bonds is 5. The molecule has 2 rings (SSSR count). The van der Waals surface area contributed by atoms with Gasteiger partial charge < -0.3 is 20.1 Å². The van der Waals surface area contributed by atoms with Crippen molar-refractivity contribution >= 4 is 6.09 Å². The molecule has 1 aromatic carbocycles. The highest BCUT2D eigenvalue weighted by molar-refractivity contribution is 5.67. The Kier molecular flexibility index (Phi) is 5.80. The van der Waals surface area contributed by atoms with E-state index in [1.807, 2.05) is 30.3 Å². The number of nitrogens with zero attached hydrogens (tertiary/aromatic N) is 1. The second-order valence-electron chi connectivity index (χ2n) is 6.27. The van der Waals surface area contributed by atoms with Crippen molar-refractivity contribution in [1.82, 2.24) is 10.2 Å². The number of benzene rings is 1. The maximum absolute atomic E-state index is 11.7. The average molecular weight is 306 g/mol. The summed E-state index contributed by atoms with van der Waals surface area (Å²) in [5.74, 6) is 0. The number of amides is 1. The number of nitrogens with one attached hydrogen (secondary N) is 1. The minimum Gasteiger partial charge on any atom is -0.445 e. The highest BCUT2D eigenvalue weighted by Gasteiger charge is 2.33. The zero-order valence-electron chi connectivity index (χ0n) is 13.4. The molecule has 5 heteroatoms. The Morgan fingerprint density at radius 2 is 1.95 bits per heavy atom. The summed E-state index contributed by atoms with van der Waals surface area (Å²) in [6.45, 7) is 6.51. The van der Waals surface area contributed by atoms with Gasteiger partial charge >= 0.3 is 6.09 Å². The van der Waals surface area contributed by atoms with E-state index in [-0.39, 0.29) is 13.2 Å². The van der Waals surface area contributed by atoms with Gasteiger partial charge in [-0.1, -0.05) is 30.3 Å². The molecule has 1 amide bonds. The van der Waals surface area contributed by atoms with Crippen LogP contribution >= 0.6 is 0 Å². The Bertz CT molecular complexity index is 468. The van der Waals surface area contributed by atoms with Crippen LogP contribution in [0.3, 0.4) is 0 Å². The summed E-state index contributed by atoms with van der Waals surface area (Å²) < 4.78 is 5.15. The Morgan fingerprint density at radius 1 is 1.32 bits per heavy atom. The molecule has 0 aromatic heterocycles. The quantitative estimate of drug-likeness (QED) is 0.875. The molecular formula is C17H26N2O3. The largest absolute Gasteiger partial charge is 0.445 e. The summed E-state index contributed by atoms with van der Waals surface area (Å²) in [5, 5.41) is 13.2. The molecule has 1 fully saturated rings. The Balaban J connectivity index is 1.70. The van der Waals surface area contributed by atoms with Crippen LogP contribution in [0, 0.1) is 0 Å². The molecule has 22 heavy (non-hydrogen) atoms. The van der Waals surface area contributed by atoms with Crippen LogP contribution in [0.25, 0.3) is 0 Å². The molecule has 1 aliphatic heterocycles. The van der Waals surface area contributed by atoms with Crippen molar-refractivity contribution in [2.24, 2.45) is 0 Å². The van der Waals surface area contributed by atoms with Crippen molar-refractivity contribution < 1.29 is 14.6 Å². The average Bonchev–Trinajstić information content (AvgIpc) is 2.52. The fourth-order valence-corrected chi connectivity index (χ4v) is 2.64. The number of alkyl carbamates (subject to hydrolysis) is 1. The fourth-order valence-electron chi connectivity index (χ4n) is 2.64. The second kappa shape index (κ2) is 7.61. The lowest BCUT2D eigenvalue weighted by Gasteiger charge is -2.39. The monoisotopic (exact) mass is 306 g/mol. The number of piperidine rings is 1. The van der Waals surface area contributed by atoms with Gasteiger partial charge in [0.05, 0.1) is 5.60 Å². The Hall–Kier alpha value is -1.59. The van der Waals surface area contributed by atoms with Crippen LogP contribution in [0.15, 0.2) is 30.3 Å². The highest BCUT2D eigenvalue weighted by Crippen LogP contribution is 2.22. The number of carbonyl (C=O) groups is 1. The molecule has 5 nitrogen and oxygen atoms in total. The third kappa shape index (κ3) is 5.00. The molecule has 0 aliphatic carbocycles. The van der Waals surface area contributed by atoms with E-state index in [4.69, 9.17) is 4.74 Å². The van der Waals surface area contributed by atoms with Gasteiger partial charge in [0.15, 0.2) is 0 Å². The third-order valence-corrected chi connectivity index (χ3v) is 4.23. The van der Waals surface area contributed by atoms with Gasteiger partial charge in [0, 0.05) is 25.7 Å². The number of hydrogen-bond acceptors (Lipinski definition) is 4. The summed E-state index contributed by atoms with van der Waals surface area (Å²) >= 11 is 0. The van der Waals surface area contributed by atoms with Crippen LogP contribution in [-0.4, -0.2) is 47.4 Å². The van der Waals surface area contributed by atoms with Crippen LogP contribution in [0.5, 0.6) is 0 Å². The highest BCUT2D eigenvalue weighted by atomic mass is 16.5. The summed E-state index contributed by atoms with van der Waals surface area (Å²) in [6.07, 6.45) is 0.859. The maximum Gasteiger partial charge on any atom is 0.407 e. The first-order chi connectivity index (χ1) is 10.5. The summed E-state index contributed by atoms with van der Waals surface area (Å²) in [5.41, 5.74) is 0.124. The lowest BCUT2D eigenvalue weighted by atomic mass is 9.91. The van der Waals surface area contributed by atoms with Crippen LogP contribution in [0.2, 0.25) is 0 Å². The standard InChI is InChI=1S/C17H26N2O3/c1-14(2)19-10-8-17(21,9-11-19)13-18-16(20)22-12-15-6-4-3-5-7-15/h3-7,14,21H,8-13H2,1-2H3,(H,18,20). The van der Waals surface area contributed by atoms with E-state index >= 15 is 0 Å². The molecule has 0 atom stereocenters. The number of carbonyl (C=O) groups excluding carboxylic acids is 1. The summed E-state index contributed by atoms with van der Waals surface area (Å²) in [6, 6.07) is 10.0. The molecule has 0 saturated carbocycles. The van der Waals surface area contributed by atoms with E-state index in [1.54, 1.807) is 0 Å². The molecule has 122 valence electrons. The molecule has 1 heterocycles. The minimum absolute atomic E-state index is 0.242. The molecule has 1 saturated heterocycles. The molecule has 0 unspecified atom stereocenters. The number of likely N-dealkylation sites (tertiary alicyclic amines) is 1. The SMILES string of the molecule is CC(C)N1CCC(O)(CNC(=O)OCc2ccccc2)CC1. The first-order valence-corrected chi connectivity index (χ1v) is 7.89. The summed E-state index contributed by atoms with van der Waals surface area (Å²) in [4.78, 5) is 14.1. The van der Waals surface area contributed by atoms with E-state index in [0.29, 0.717) is 18.9 Å². The second-order valence-corrected chi connectivity index (χ2v) is 6.27. The van der Waals surface area contributed by atoms with E-state index < -0.39 is 11.7 Å². The van der Waals surface area contributed by atoms with E-state index in [0.717, 1.165) is 18.7 Å². The smallest absolute Gasteiger partial charge is 0.407 e. The Morgan fingerprint density at radius 3 is 2.55 bits per heavy atom. The van der Waals surface area contributed by atoms with Crippen LogP contribution in [0.1, 0.15) is 32.3 Å². The molecule has 0 spiro atoms. The van der Waals surface area contributed by atoms with Gasteiger partial charge in [0.25, 0.3) is 0 Å². The zero-order valence-corrected chi connectivity index (χ0v) is 13.4. The molecule has 0 radical (unpaired) electrons. The first kappa shape index (κ1) is 16.8. The maximum atomic E-state index is 11.7. The third-order valence-electron chi connectivity index (χ3n) is 4.23. The molecule has 1 aliphatic rings. The lowest BCUT2D eigenvalue weighted by molar-refractivity contribution is -0.0263. The van der Waals surface area contributed by atoms with E-state index in [1.165, 1.54) is 0 Å². The Labute approximate surface area is 132 Å². The lowest BCUT2D eigenvalue weighted by Crippen LogP contribution is -2.52. The van der Waals surface area contributed by atoms with E-state index in [2.05, 4.69) is 24.1 Å². The van der Waals surface area contributed by atoms with Gasteiger partial charge in [-0.2, -0.15) is 0 Å². The topological polar surface area (TPSA) is 61.8 Å². The van der Waals surface area contributed by atoms with Crippen molar-refractivity contribution in [2.75, 3.05) is 19.6 Å². The van der Waals surface area contributed by atoms with E-state index in [9.17, 15) is 9.90 Å². The van der Waals surface area contributed by atoms with Crippen LogP contribution < -0.4 is 5.32 Å². The van der Waals surface area contributed by atoms with Crippen LogP contribution in [0.4, 0.5) is 4.79 Å². The summed E-state index contributed by atoms with van der Waals surface area (Å²) in [7, 11) is 0. The molecule has 1 aromatic rings. The van der Waals surface area contributed by atoms with Gasteiger partial charge in [-0.15, -0.1) is 0 Å². The number of aliphatic hydroxyl groups is 1. The van der Waals surface area contributed by atoms with Gasteiger partial charge in [-0.05, 0) is 32.3 Å². The van der Waals surface area contributed by atoms with Gasteiger partial charge in [-0.3, -0.25) is 0 Å². The van der Waals surface area contributed by atoms with Gasteiger partial charge in [0.2, 0.25) is 0 Å². The van der Waals surface area contributed by atoms with Crippen molar-refractivity contribution in [3.8, 4) is 0 Å². The van der Waals surface area contributed by atoms with Crippen molar-refractivity contribution in [3.05, 3.63) is 35.9 Å². The molecule has 0 bridgehead atoms. The molecular weight excluding hydrogens is 280 g/mol. The predicted octanol–water partition coefficient (Wildman–Crippen LogP) is 2.15. The minimum atomic E-state index is -0.822. The first-order valence-electron chi connectivity index (χ1n) is 7.89. The van der Waals surface area contributed by atoms with Gasteiger partial charge in [-0.25, -0.2) is 4.79 Å². The van der Waals surface area contributed by atoms with Crippen molar-refractivity contribution in [3.63, 3.8) is 0 Å².